The van der Waals surface area contributed by atoms with Crippen LogP contribution in [-0.2, 0) is 14.3 Å². The van der Waals surface area contributed by atoms with Gasteiger partial charge in [-0.25, -0.2) is 0 Å². The maximum absolute atomic E-state index is 11.9. The Balaban J connectivity index is 1.81. The molecule has 0 aliphatic heterocycles. The summed E-state index contributed by atoms with van der Waals surface area (Å²) in [6.45, 7) is 1.56. The van der Waals surface area contributed by atoms with Crippen LogP contribution in [-0.4, -0.2) is 18.5 Å². The molecule has 0 spiro atoms. The SMILES string of the molecule is CC(CC(=O)OCC(=O)Nc1cc(Cl)ccc1Cl)c1ccccc1. The van der Waals surface area contributed by atoms with Gasteiger partial charge in [0.15, 0.2) is 6.61 Å². The second-order valence-corrected chi connectivity index (χ2v) is 6.19. The third kappa shape index (κ3) is 5.55. The molecule has 24 heavy (non-hydrogen) atoms. The van der Waals surface area contributed by atoms with Crippen LogP contribution in [0.4, 0.5) is 5.69 Å². The molecular weight excluding hydrogens is 349 g/mol. The first kappa shape index (κ1) is 18.3. The topological polar surface area (TPSA) is 55.4 Å². The van der Waals surface area contributed by atoms with Crippen molar-refractivity contribution in [1.82, 2.24) is 0 Å². The Morgan fingerprint density at radius 1 is 1.12 bits per heavy atom. The molecule has 1 N–H and O–H groups in total. The highest BCUT2D eigenvalue weighted by molar-refractivity contribution is 6.35. The Morgan fingerprint density at radius 3 is 2.54 bits per heavy atom. The van der Waals surface area contributed by atoms with Crippen molar-refractivity contribution in [2.24, 2.45) is 0 Å². The van der Waals surface area contributed by atoms with Crippen LogP contribution in [0.3, 0.4) is 0 Å². The molecule has 1 amide bonds. The third-order valence-corrected chi connectivity index (χ3v) is 3.97. The second kappa shape index (κ2) is 8.71. The van der Waals surface area contributed by atoms with Crippen LogP contribution in [0, 0.1) is 0 Å². The van der Waals surface area contributed by atoms with Crippen molar-refractivity contribution in [3.8, 4) is 0 Å². The molecular formula is C18H17Cl2NO3. The van der Waals surface area contributed by atoms with Crippen molar-refractivity contribution in [1.29, 1.82) is 0 Å². The van der Waals surface area contributed by atoms with Crippen molar-refractivity contribution in [3.05, 3.63) is 64.1 Å². The number of carbonyl (C=O) groups is 2. The monoisotopic (exact) mass is 365 g/mol. The van der Waals surface area contributed by atoms with Gasteiger partial charge in [0.25, 0.3) is 5.91 Å². The molecule has 126 valence electrons. The summed E-state index contributed by atoms with van der Waals surface area (Å²) in [4.78, 5) is 23.7. The molecule has 0 aliphatic carbocycles. The van der Waals surface area contributed by atoms with Gasteiger partial charge in [-0.2, -0.15) is 0 Å². The fourth-order valence-corrected chi connectivity index (χ4v) is 2.47. The summed E-state index contributed by atoms with van der Waals surface area (Å²) in [5.74, 6) is -0.886. The lowest BCUT2D eigenvalue weighted by molar-refractivity contribution is -0.147. The number of nitrogens with one attached hydrogen (secondary N) is 1. The van der Waals surface area contributed by atoms with E-state index < -0.39 is 11.9 Å². The molecule has 2 aromatic carbocycles. The van der Waals surface area contributed by atoms with Crippen molar-refractivity contribution in [2.45, 2.75) is 19.3 Å². The van der Waals surface area contributed by atoms with Crippen molar-refractivity contribution >= 4 is 40.8 Å². The Kier molecular flexibility index (Phi) is 6.64. The van der Waals surface area contributed by atoms with Crippen LogP contribution in [0.5, 0.6) is 0 Å². The maximum atomic E-state index is 11.9. The van der Waals surface area contributed by atoms with Gasteiger partial charge in [0.1, 0.15) is 0 Å². The number of amides is 1. The van der Waals surface area contributed by atoms with Crippen LogP contribution < -0.4 is 5.32 Å². The van der Waals surface area contributed by atoms with Crippen molar-refractivity contribution in [2.75, 3.05) is 11.9 Å². The summed E-state index contributed by atoms with van der Waals surface area (Å²) in [5.41, 5.74) is 1.42. The predicted octanol–water partition coefficient (Wildman–Crippen LogP) is 4.67. The van der Waals surface area contributed by atoms with Crippen LogP contribution in [0.2, 0.25) is 10.0 Å². The quantitative estimate of drug-likeness (QED) is 0.756. The molecule has 0 radical (unpaired) electrons. The van der Waals surface area contributed by atoms with E-state index in [2.05, 4.69) is 5.32 Å². The molecule has 0 heterocycles. The van der Waals surface area contributed by atoms with Gasteiger partial charge in [-0.05, 0) is 29.7 Å². The van der Waals surface area contributed by atoms with Crippen LogP contribution in [0.25, 0.3) is 0 Å². The molecule has 4 nitrogen and oxygen atoms in total. The van der Waals surface area contributed by atoms with Crippen molar-refractivity contribution in [3.63, 3.8) is 0 Å². The number of halogens is 2. The summed E-state index contributed by atoms with van der Waals surface area (Å²) in [7, 11) is 0. The minimum atomic E-state index is -0.472. The van der Waals surface area contributed by atoms with Gasteiger partial charge < -0.3 is 10.1 Å². The summed E-state index contributed by atoms with van der Waals surface area (Å²) < 4.78 is 5.01. The fourth-order valence-electron chi connectivity index (χ4n) is 2.13. The first-order valence-corrected chi connectivity index (χ1v) is 8.17. The van der Waals surface area contributed by atoms with E-state index in [0.717, 1.165) is 5.56 Å². The molecule has 2 aromatic rings. The van der Waals surface area contributed by atoms with E-state index in [9.17, 15) is 9.59 Å². The van der Waals surface area contributed by atoms with Gasteiger partial charge in [0.05, 0.1) is 17.1 Å². The van der Waals surface area contributed by atoms with Gasteiger partial charge in [0.2, 0.25) is 0 Å². The minimum absolute atomic E-state index is 0.0177. The highest BCUT2D eigenvalue weighted by atomic mass is 35.5. The van der Waals surface area contributed by atoms with E-state index in [1.807, 2.05) is 37.3 Å². The number of anilines is 1. The number of rotatable bonds is 6. The van der Waals surface area contributed by atoms with E-state index >= 15 is 0 Å². The smallest absolute Gasteiger partial charge is 0.306 e. The van der Waals surface area contributed by atoms with Crippen LogP contribution in [0.1, 0.15) is 24.8 Å². The van der Waals surface area contributed by atoms with Gasteiger partial charge >= 0.3 is 5.97 Å². The number of hydrogen-bond acceptors (Lipinski definition) is 3. The largest absolute Gasteiger partial charge is 0.456 e. The first-order valence-electron chi connectivity index (χ1n) is 7.41. The molecule has 0 fully saturated rings. The molecule has 0 bridgehead atoms. The Hall–Kier alpha value is -2.04. The van der Waals surface area contributed by atoms with Gasteiger partial charge in [0, 0.05) is 5.02 Å². The lowest BCUT2D eigenvalue weighted by Crippen LogP contribution is -2.21. The molecule has 1 unspecified atom stereocenters. The maximum Gasteiger partial charge on any atom is 0.306 e. The summed E-state index contributed by atoms with van der Waals surface area (Å²) in [6, 6.07) is 14.4. The van der Waals surface area contributed by atoms with E-state index in [1.54, 1.807) is 12.1 Å². The van der Waals surface area contributed by atoms with E-state index in [0.29, 0.717) is 15.7 Å². The molecule has 0 aromatic heterocycles. The fraction of sp³-hybridized carbons (Fsp3) is 0.222. The Morgan fingerprint density at radius 2 is 1.83 bits per heavy atom. The van der Waals surface area contributed by atoms with Crippen molar-refractivity contribution < 1.29 is 14.3 Å². The van der Waals surface area contributed by atoms with E-state index in [4.69, 9.17) is 27.9 Å². The summed E-state index contributed by atoms with van der Waals surface area (Å²) >= 11 is 11.8. The molecule has 0 saturated carbocycles. The highest BCUT2D eigenvalue weighted by Crippen LogP contribution is 2.25. The first-order chi connectivity index (χ1) is 11.5. The average Bonchev–Trinajstić information content (AvgIpc) is 2.57. The van der Waals surface area contributed by atoms with Gasteiger partial charge in [-0.15, -0.1) is 0 Å². The third-order valence-electron chi connectivity index (χ3n) is 3.41. The number of ether oxygens (including phenoxy) is 1. The molecule has 2 rings (SSSR count). The highest BCUT2D eigenvalue weighted by Gasteiger charge is 2.14. The lowest BCUT2D eigenvalue weighted by Gasteiger charge is -2.12. The molecule has 0 saturated heterocycles. The van der Waals surface area contributed by atoms with Crippen LogP contribution in [0.15, 0.2) is 48.5 Å². The zero-order valence-electron chi connectivity index (χ0n) is 13.1. The predicted molar refractivity (Wildman–Crippen MR) is 95.5 cm³/mol. The Labute approximate surface area is 150 Å². The summed E-state index contributed by atoms with van der Waals surface area (Å²) in [5, 5.41) is 3.36. The normalized spacial score (nSPS) is 11.6. The molecule has 0 aliphatic rings. The number of esters is 1. The second-order valence-electron chi connectivity index (χ2n) is 5.35. The summed E-state index contributed by atoms with van der Waals surface area (Å²) in [6.07, 6.45) is 0.204. The zero-order chi connectivity index (χ0) is 17.5. The Bertz CT molecular complexity index is 719. The van der Waals surface area contributed by atoms with Gasteiger partial charge in [-0.3, -0.25) is 9.59 Å². The molecule has 1 atom stereocenters. The zero-order valence-corrected chi connectivity index (χ0v) is 14.6. The minimum Gasteiger partial charge on any atom is -0.456 e. The number of benzene rings is 2. The lowest BCUT2D eigenvalue weighted by atomic mass is 9.98. The molecule has 6 heteroatoms. The average molecular weight is 366 g/mol. The number of carbonyl (C=O) groups excluding carboxylic acids is 2. The van der Waals surface area contributed by atoms with Gasteiger partial charge in [-0.1, -0.05) is 60.5 Å². The van der Waals surface area contributed by atoms with Crippen LogP contribution >= 0.6 is 23.2 Å². The van der Waals surface area contributed by atoms with E-state index in [-0.39, 0.29) is 18.9 Å². The number of hydrogen-bond donors (Lipinski definition) is 1. The standard InChI is InChI=1S/C18H17Cl2NO3/c1-12(13-5-3-2-4-6-13)9-18(23)24-11-17(22)21-16-10-14(19)7-8-15(16)20/h2-8,10,12H,9,11H2,1H3,(H,21,22). The van der Waals surface area contributed by atoms with E-state index in [1.165, 1.54) is 6.07 Å².